The maximum absolute atomic E-state index is 11.0. The second-order valence-corrected chi connectivity index (χ2v) is 4.80. The van der Waals surface area contributed by atoms with Crippen LogP contribution in [0.3, 0.4) is 0 Å². The minimum atomic E-state index is -0.710. The van der Waals surface area contributed by atoms with Crippen molar-refractivity contribution < 1.29 is 15.0 Å². The van der Waals surface area contributed by atoms with Crippen LogP contribution in [0, 0.1) is 20.2 Å². The number of nitro groups is 2. The summed E-state index contributed by atoms with van der Waals surface area (Å²) < 4.78 is 0. The zero-order valence-electron chi connectivity index (χ0n) is 11.8. The Morgan fingerprint density at radius 3 is 2.59 bits per heavy atom. The number of nitrogens with one attached hydrogen (secondary N) is 1. The molecule has 9 nitrogen and oxygen atoms in total. The number of hydrazone groups is 1. The van der Waals surface area contributed by atoms with Crippen LogP contribution >= 0.6 is 0 Å². The van der Waals surface area contributed by atoms with Gasteiger partial charge in [-0.15, -0.1) is 0 Å². The molecule has 0 fully saturated rings. The van der Waals surface area contributed by atoms with Crippen molar-refractivity contribution in [3.63, 3.8) is 0 Å². The van der Waals surface area contributed by atoms with Crippen molar-refractivity contribution in [3.8, 4) is 0 Å². The fourth-order valence-electron chi connectivity index (χ4n) is 2.21. The zero-order valence-corrected chi connectivity index (χ0v) is 11.8. The second-order valence-electron chi connectivity index (χ2n) is 4.80. The van der Waals surface area contributed by atoms with E-state index >= 15 is 0 Å². The average Bonchev–Trinajstić information content (AvgIpc) is 2.84. The molecule has 0 amide bonds. The van der Waals surface area contributed by atoms with E-state index in [0.29, 0.717) is 12.1 Å². The summed E-state index contributed by atoms with van der Waals surface area (Å²) in [5, 5.41) is 35.1. The topological polar surface area (TPSA) is 131 Å². The molecule has 0 saturated carbocycles. The van der Waals surface area contributed by atoms with Crippen LogP contribution in [0.4, 0.5) is 17.1 Å². The number of nitrogens with zero attached hydrogens (tertiary/aromatic N) is 3. The monoisotopic (exact) mass is 306 g/mol. The average molecular weight is 306 g/mol. The van der Waals surface area contributed by atoms with E-state index in [9.17, 15) is 25.3 Å². The number of nitro benzene ring substituents is 2. The summed E-state index contributed by atoms with van der Waals surface area (Å²) in [6.07, 6.45) is 1.41. The first-order chi connectivity index (χ1) is 10.4. The van der Waals surface area contributed by atoms with Gasteiger partial charge in [-0.25, -0.2) is 0 Å². The maximum Gasteiger partial charge on any atom is 0.301 e. The van der Waals surface area contributed by atoms with Crippen LogP contribution in [0.5, 0.6) is 0 Å². The van der Waals surface area contributed by atoms with Crippen LogP contribution in [0.1, 0.15) is 19.8 Å². The van der Waals surface area contributed by atoms with Crippen LogP contribution in [-0.4, -0.2) is 27.3 Å². The molecule has 0 saturated heterocycles. The van der Waals surface area contributed by atoms with Crippen LogP contribution in [0.2, 0.25) is 0 Å². The Hall–Kier alpha value is -2.81. The van der Waals surface area contributed by atoms with E-state index < -0.39 is 15.5 Å². The summed E-state index contributed by atoms with van der Waals surface area (Å²) in [6, 6.07) is 3.29. The van der Waals surface area contributed by atoms with E-state index in [4.69, 9.17) is 0 Å². The summed E-state index contributed by atoms with van der Waals surface area (Å²) in [5.74, 6) is 0. The van der Waals surface area contributed by atoms with Gasteiger partial charge in [0.05, 0.1) is 28.2 Å². The summed E-state index contributed by atoms with van der Waals surface area (Å²) in [5.41, 5.74) is 4.22. The Kier molecular flexibility index (Phi) is 4.47. The molecule has 0 radical (unpaired) electrons. The van der Waals surface area contributed by atoms with Gasteiger partial charge in [-0.05, 0) is 31.4 Å². The maximum atomic E-state index is 11.0. The molecule has 9 heteroatoms. The van der Waals surface area contributed by atoms with Crippen molar-refractivity contribution >= 4 is 22.8 Å². The normalized spacial score (nSPS) is 16.2. The third-order valence-electron chi connectivity index (χ3n) is 3.46. The number of aliphatic hydroxyl groups is 1. The molecule has 1 aromatic carbocycles. The molecular formula is C13H14N4O5. The highest BCUT2D eigenvalue weighted by atomic mass is 16.6. The van der Waals surface area contributed by atoms with Crippen molar-refractivity contribution in [2.24, 2.45) is 5.10 Å². The minimum absolute atomic E-state index is 0.0601. The molecule has 0 heterocycles. The Balaban J connectivity index is 2.31. The molecule has 0 aromatic heterocycles. The highest BCUT2D eigenvalue weighted by molar-refractivity contribution is 6.03. The van der Waals surface area contributed by atoms with Gasteiger partial charge in [0.1, 0.15) is 5.69 Å². The molecule has 2 rings (SSSR count). The summed E-state index contributed by atoms with van der Waals surface area (Å²) in [6.45, 7) is 1.75. The molecule has 0 atom stereocenters. The highest BCUT2D eigenvalue weighted by Gasteiger charge is 2.21. The molecule has 116 valence electrons. The number of hydrogen-bond acceptors (Lipinski definition) is 7. The van der Waals surface area contributed by atoms with Crippen LogP contribution in [-0.2, 0) is 0 Å². The van der Waals surface area contributed by atoms with Crippen LogP contribution < -0.4 is 5.43 Å². The van der Waals surface area contributed by atoms with Crippen molar-refractivity contribution in [2.45, 2.75) is 19.8 Å². The summed E-state index contributed by atoms with van der Waals surface area (Å²) in [4.78, 5) is 20.3. The van der Waals surface area contributed by atoms with E-state index in [2.05, 4.69) is 10.5 Å². The van der Waals surface area contributed by atoms with E-state index in [1.165, 1.54) is 6.07 Å². The van der Waals surface area contributed by atoms with Gasteiger partial charge >= 0.3 is 5.69 Å². The predicted octanol–water partition coefficient (Wildman–Crippen LogP) is 2.37. The van der Waals surface area contributed by atoms with Gasteiger partial charge in [0.25, 0.3) is 5.69 Å². The molecule has 2 N–H and O–H groups in total. The summed E-state index contributed by atoms with van der Waals surface area (Å²) in [7, 11) is 0. The summed E-state index contributed by atoms with van der Waals surface area (Å²) >= 11 is 0. The van der Waals surface area contributed by atoms with Gasteiger partial charge in [-0.1, -0.05) is 5.57 Å². The first kappa shape index (κ1) is 15.6. The SMILES string of the molecule is CC1=C(CO)/C(=N\Nc2ccc([N+](=O)[O-])cc2[N+](=O)[O-])CC1. The first-order valence-corrected chi connectivity index (χ1v) is 6.49. The predicted molar refractivity (Wildman–Crippen MR) is 79.8 cm³/mol. The number of rotatable bonds is 5. The number of non-ortho nitro benzene ring substituents is 1. The lowest BCUT2D eigenvalue weighted by Crippen LogP contribution is -2.06. The third-order valence-corrected chi connectivity index (χ3v) is 3.46. The smallest absolute Gasteiger partial charge is 0.301 e. The number of hydrogen-bond donors (Lipinski definition) is 2. The molecule has 0 aliphatic heterocycles. The van der Waals surface area contributed by atoms with Crippen molar-refractivity contribution in [2.75, 3.05) is 12.0 Å². The lowest BCUT2D eigenvalue weighted by atomic mass is 10.2. The first-order valence-electron chi connectivity index (χ1n) is 6.49. The fourth-order valence-corrected chi connectivity index (χ4v) is 2.21. The lowest BCUT2D eigenvalue weighted by Gasteiger charge is -2.05. The van der Waals surface area contributed by atoms with E-state index in [0.717, 1.165) is 29.7 Å². The largest absolute Gasteiger partial charge is 0.392 e. The molecule has 0 bridgehead atoms. The number of allylic oxidation sites excluding steroid dienone is 1. The Bertz CT molecular complexity index is 696. The van der Waals surface area contributed by atoms with Gasteiger partial charge < -0.3 is 5.11 Å². The molecule has 1 aliphatic rings. The van der Waals surface area contributed by atoms with Crippen molar-refractivity contribution in [1.82, 2.24) is 0 Å². The second kappa shape index (κ2) is 6.31. The van der Waals surface area contributed by atoms with Gasteiger partial charge in [-0.3, -0.25) is 25.7 Å². The van der Waals surface area contributed by atoms with Crippen molar-refractivity contribution in [3.05, 3.63) is 49.6 Å². The molecule has 22 heavy (non-hydrogen) atoms. The molecule has 0 spiro atoms. The van der Waals surface area contributed by atoms with E-state index in [1.807, 2.05) is 6.92 Å². The van der Waals surface area contributed by atoms with Crippen LogP contribution in [0.15, 0.2) is 34.4 Å². The minimum Gasteiger partial charge on any atom is -0.392 e. The van der Waals surface area contributed by atoms with Gasteiger partial charge in [0, 0.05) is 6.07 Å². The molecule has 1 aliphatic carbocycles. The number of aliphatic hydroxyl groups excluding tert-OH is 1. The quantitative estimate of drug-likeness (QED) is 0.634. The molecular weight excluding hydrogens is 292 g/mol. The number of benzene rings is 1. The Morgan fingerprint density at radius 1 is 1.27 bits per heavy atom. The van der Waals surface area contributed by atoms with Gasteiger partial charge in [0.2, 0.25) is 0 Å². The lowest BCUT2D eigenvalue weighted by molar-refractivity contribution is -0.393. The molecule has 0 unspecified atom stereocenters. The third kappa shape index (κ3) is 3.09. The standard InChI is InChI=1S/C13H14N4O5/c1-8-2-4-11(10(8)7-18)14-15-12-5-3-9(16(19)20)6-13(12)17(21)22/h3,5-6,15,18H,2,4,7H2,1H3/b14-11-. The Labute approximate surface area is 125 Å². The molecule has 1 aromatic rings. The number of anilines is 1. The van der Waals surface area contributed by atoms with Gasteiger partial charge in [-0.2, -0.15) is 5.10 Å². The highest BCUT2D eigenvalue weighted by Crippen LogP contribution is 2.30. The van der Waals surface area contributed by atoms with E-state index in [-0.39, 0.29) is 18.0 Å². The Morgan fingerprint density at radius 2 is 2.00 bits per heavy atom. The van der Waals surface area contributed by atoms with Crippen LogP contribution in [0.25, 0.3) is 0 Å². The zero-order chi connectivity index (χ0) is 16.3. The van der Waals surface area contributed by atoms with Gasteiger partial charge in [0.15, 0.2) is 0 Å². The fraction of sp³-hybridized carbons (Fsp3) is 0.308. The van der Waals surface area contributed by atoms with E-state index in [1.54, 1.807) is 0 Å². The van der Waals surface area contributed by atoms with Crippen molar-refractivity contribution in [1.29, 1.82) is 0 Å².